The maximum atomic E-state index is 7.92. The number of para-hydroxylation sites is 2. The SMILES string of the molecule is CC(=N)n1c(OC2CCNCC2)nc2ccccc21. The van der Waals surface area contributed by atoms with Crippen LogP contribution >= 0.6 is 0 Å². The quantitative estimate of drug-likeness (QED) is 0.640. The fourth-order valence-electron chi connectivity index (χ4n) is 2.47. The molecule has 0 spiro atoms. The van der Waals surface area contributed by atoms with Crippen LogP contribution in [0.2, 0.25) is 0 Å². The van der Waals surface area contributed by atoms with Gasteiger partial charge in [0.15, 0.2) is 0 Å². The molecule has 1 saturated heterocycles. The zero-order valence-electron chi connectivity index (χ0n) is 11.0. The van der Waals surface area contributed by atoms with Gasteiger partial charge in [-0.25, -0.2) is 0 Å². The van der Waals surface area contributed by atoms with E-state index < -0.39 is 0 Å². The number of nitrogens with zero attached hydrogens (tertiary/aromatic N) is 2. The summed E-state index contributed by atoms with van der Waals surface area (Å²) in [6, 6.07) is 8.37. The van der Waals surface area contributed by atoms with Gasteiger partial charge in [0.05, 0.1) is 11.0 Å². The second-order valence-electron chi connectivity index (χ2n) is 4.87. The Hall–Kier alpha value is -1.88. The van der Waals surface area contributed by atoms with Crippen molar-refractivity contribution in [2.24, 2.45) is 0 Å². The number of ether oxygens (including phenoxy) is 1. The molecule has 19 heavy (non-hydrogen) atoms. The Morgan fingerprint density at radius 2 is 2.11 bits per heavy atom. The lowest BCUT2D eigenvalue weighted by Gasteiger charge is -2.23. The Morgan fingerprint density at radius 3 is 2.84 bits per heavy atom. The van der Waals surface area contributed by atoms with Gasteiger partial charge in [0.1, 0.15) is 11.9 Å². The van der Waals surface area contributed by atoms with Crippen LogP contribution in [0.3, 0.4) is 0 Å². The minimum absolute atomic E-state index is 0.191. The molecular formula is C14H18N4O. The van der Waals surface area contributed by atoms with Gasteiger partial charge >= 0.3 is 6.01 Å². The fraction of sp³-hybridized carbons (Fsp3) is 0.429. The smallest absolute Gasteiger partial charge is 0.303 e. The summed E-state index contributed by atoms with van der Waals surface area (Å²) >= 11 is 0. The second-order valence-corrected chi connectivity index (χ2v) is 4.87. The van der Waals surface area contributed by atoms with Crippen molar-refractivity contribution < 1.29 is 4.74 Å². The van der Waals surface area contributed by atoms with E-state index in [2.05, 4.69) is 10.3 Å². The monoisotopic (exact) mass is 258 g/mol. The lowest BCUT2D eigenvalue weighted by molar-refractivity contribution is 0.148. The Morgan fingerprint density at radius 1 is 1.37 bits per heavy atom. The molecule has 1 aliphatic heterocycles. The predicted molar refractivity (Wildman–Crippen MR) is 75.1 cm³/mol. The van der Waals surface area contributed by atoms with Crippen molar-refractivity contribution in [2.45, 2.75) is 25.9 Å². The van der Waals surface area contributed by atoms with Gasteiger partial charge in [-0.15, -0.1) is 0 Å². The molecule has 2 heterocycles. The van der Waals surface area contributed by atoms with Crippen LogP contribution in [0.15, 0.2) is 24.3 Å². The van der Waals surface area contributed by atoms with E-state index in [9.17, 15) is 0 Å². The molecule has 3 rings (SSSR count). The second kappa shape index (κ2) is 5.01. The number of hydrogen-bond donors (Lipinski definition) is 2. The number of hydrogen-bond acceptors (Lipinski definition) is 4. The summed E-state index contributed by atoms with van der Waals surface area (Å²) in [6.45, 7) is 3.71. The first-order valence-corrected chi connectivity index (χ1v) is 6.66. The third-order valence-electron chi connectivity index (χ3n) is 3.42. The first-order valence-electron chi connectivity index (χ1n) is 6.66. The molecule has 0 bridgehead atoms. The molecule has 0 unspecified atom stereocenters. The summed E-state index contributed by atoms with van der Waals surface area (Å²) in [7, 11) is 0. The Balaban J connectivity index is 1.97. The van der Waals surface area contributed by atoms with Gasteiger partial charge in [0.2, 0.25) is 0 Å². The van der Waals surface area contributed by atoms with E-state index in [1.165, 1.54) is 0 Å². The van der Waals surface area contributed by atoms with Crippen molar-refractivity contribution in [2.75, 3.05) is 13.1 Å². The van der Waals surface area contributed by atoms with Gasteiger partial charge in [-0.05, 0) is 45.0 Å². The molecule has 2 N–H and O–H groups in total. The van der Waals surface area contributed by atoms with Crippen LogP contribution in [0.25, 0.3) is 11.0 Å². The zero-order chi connectivity index (χ0) is 13.2. The lowest BCUT2D eigenvalue weighted by atomic mass is 10.1. The Bertz CT molecular complexity index is 599. The van der Waals surface area contributed by atoms with Crippen LogP contribution in [0.1, 0.15) is 19.8 Å². The van der Waals surface area contributed by atoms with Gasteiger partial charge in [-0.3, -0.25) is 9.98 Å². The Labute approximate surface area is 112 Å². The first kappa shape index (κ1) is 12.2. The van der Waals surface area contributed by atoms with Gasteiger partial charge in [0, 0.05) is 0 Å². The van der Waals surface area contributed by atoms with Crippen molar-refractivity contribution >= 4 is 16.9 Å². The van der Waals surface area contributed by atoms with E-state index >= 15 is 0 Å². The number of rotatable bonds is 2. The van der Waals surface area contributed by atoms with E-state index in [4.69, 9.17) is 10.1 Å². The topological polar surface area (TPSA) is 62.9 Å². The molecule has 1 aromatic carbocycles. The molecule has 5 heteroatoms. The largest absolute Gasteiger partial charge is 0.461 e. The number of imidazole rings is 1. The molecule has 0 atom stereocenters. The van der Waals surface area contributed by atoms with Crippen molar-refractivity contribution in [3.63, 3.8) is 0 Å². The summed E-state index contributed by atoms with van der Waals surface area (Å²) in [5.74, 6) is 0.428. The highest BCUT2D eigenvalue weighted by Gasteiger charge is 2.19. The van der Waals surface area contributed by atoms with E-state index in [0.717, 1.165) is 37.0 Å². The number of nitrogens with one attached hydrogen (secondary N) is 2. The summed E-state index contributed by atoms with van der Waals surface area (Å²) in [5.41, 5.74) is 1.80. The predicted octanol–water partition coefficient (Wildman–Crippen LogP) is 2.01. The molecule has 0 saturated carbocycles. The third-order valence-corrected chi connectivity index (χ3v) is 3.42. The maximum Gasteiger partial charge on any atom is 0.303 e. The lowest BCUT2D eigenvalue weighted by Crippen LogP contribution is -2.34. The minimum atomic E-state index is 0.191. The molecule has 0 aliphatic carbocycles. The van der Waals surface area contributed by atoms with E-state index in [1.807, 2.05) is 24.3 Å². The number of fused-ring (bicyclic) bond motifs is 1. The average Bonchev–Trinajstić information content (AvgIpc) is 2.77. The van der Waals surface area contributed by atoms with Gasteiger partial charge in [0.25, 0.3) is 0 Å². The zero-order valence-corrected chi connectivity index (χ0v) is 11.0. The molecule has 2 aromatic rings. The van der Waals surface area contributed by atoms with Gasteiger partial charge in [-0.2, -0.15) is 4.98 Å². The summed E-state index contributed by atoms with van der Waals surface area (Å²) in [5, 5.41) is 11.2. The Kier molecular flexibility index (Phi) is 3.21. The van der Waals surface area contributed by atoms with Crippen LogP contribution in [-0.2, 0) is 0 Å². The number of benzene rings is 1. The highest BCUT2D eigenvalue weighted by atomic mass is 16.5. The number of piperidine rings is 1. The molecule has 5 nitrogen and oxygen atoms in total. The molecule has 1 aromatic heterocycles. The van der Waals surface area contributed by atoms with Gasteiger partial charge in [-0.1, -0.05) is 12.1 Å². The van der Waals surface area contributed by atoms with Crippen molar-refractivity contribution in [1.82, 2.24) is 14.9 Å². The van der Waals surface area contributed by atoms with Crippen LogP contribution in [0.4, 0.5) is 0 Å². The molecule has 1 fully saturated rings. The third kappa shape index (κ3) is 2.33. The minimum Gasteiger partial charge on any atom is -0.461 e. The van der Waals surface area contributed by atoms with E-state index in [-0.39, 0.29) is 6.10 Å². The molecule has 0 radical (unpaired) electrons. The van der Waals surface area contributed by atoms with Crippen molar-refractivity contribution in [1.29, 1.82) is 5.41 Å². The highest BCUT2D eigenvalue weighted by Crippen LogP contribution is 2.23. The standard InChI is InChI=1S/C14H18N4O/c1-10(15)18-13-5-3-2-4-12(13)17-14(18)19-11-6-8-16-9-7-11/h2-5,11,15-16H,6-9H2,1H3. The first-order chi connectivity index (χ1) is 9.25. The van der Waals surface area contributed by atoms with Crippen LogP contribution in [-0.4, -0.2) is 34.6 Å². The van der Waals surface area contributed by atoms with Crippen LogP contribution < -0.4 is 10.1 Å². The summed E-state index contributed by atoms with van der Waals surface area (Å²) in [6.07, 6.45) is 2.16. The highest BCUT2D eigenvalue weighted by molar-refractivity contribution is 5.92. The molecular weight excluding hydrogens is 240 g/mol. The van der Waals surface area contributed by atoms with Crippen molar-refractivity contribution in [3.8, 4) is 6.01 Å². The van der Waals surface area contributed by atoms with Crippen LogP contribution in [0.5, 0.6) is 6.01 Å². The summed E-state index contributed by atoms with van der Waals surface area (Å²) < 4.78 is 7.78. The van der Waals surface area contributed by atoms with Crippen LogP contribution in [0, 0.1) is 5.41 Å². The summed E-state index contributed by atoms with van der Waals surface area (Å²) in [4.78, 5) is 4.51. The van der Waals surface area contributed by atoms with E-state index in [1.54, 1.807) is 11.5 Å². The van der Waals surface area contributed by atoms with Gasteiger partial charge < -0.3 is 10.1 Å². The van der Waals surface area contributed by atoms with E-state index in [0.29, 0.717) is 11.8 Å². The van der Waals surface area contributed by atoms with Crippen molar-refractivity contribution in [3.05, 3.63) is 24.3 Å². The molecule has 100 valence electrons. The maximum absolute atomic E-state index is 7.92. The normalized spacial score (nSPS) is 16.7. The molecule has 1 aliphatic rings. The fourth-order valence-corrected chi connectivity index (χ4v) is 2.47. The number of aromatic nitrogens is 2. The molecule has 0 amide bonds. The average molecular weight is 258 g/mol.